The van der Waals surface area contributed by atoms with E-state index in [2.05, 4.69) is 259 Å². The molecule has 3 aliphatic carbocycles. The van der Waals surface area contributed by atoms with Gasteiger partial charge in [0.25, 0.3) is 0 Å². The molecule has 342 valence electrons. The van der Waals surface area contributed by atoms with Gasteiger partial charge in [0.05, 0.1) is 11.7 Å². The van der Waals surface area contributed by atoms with Gasteiger partial charge in [-0.1, -0.05) is 212 Å². The summed E-state index contributed by atoms with van der Waals surface area (Å²) in [6.45, 7) is 0. The van der Waals surface area contributed by atoms with E-state index in [1.54, 1.807) is 0 Å². The predicted molar refractivity (Wildman–Crippen MR) is 307 cm³/mol. The molecule has 3 aliphatic rings. The third-order valence-electron chi connectivity index (χ3n) is 15.6. The Labute approximate surface area is 421 Å². The summed E-state index contributed by atoms with van der Waals surface area (Å²) >= 11 is 0. The minimum atomic E-state index is 0.0880. The Morgan fingerprint density at radius 1 is 0.389 bits per heavy atom. The monoisotopic (exact) mass is 920 g/mol. The summed E-state index contributed by atoms with van der Waals surface area (Å²) in [6.07, 6.45) is 16.8. The van der Waals surface area contributed by atoms with E-state index in [9.17, 15) is 0 Å². The fraction of sp³-hybridized carbons (Fsp3) is 0.0857. The molecule has 0 N–H and O–H groups in total. The fourth-order valence-corrected chi connectivity index (χ4v) is 12.4. The summed E-state index contributed by atoms with van der Waals surface area (Å²) < 4.78 is 0. The molecule has 0 amide bonds. The van der Waals surface area contributed by atoms with Crippen molar-refractivity contribution >= 4 is 83.7 Å². The van der Waals surface area contributed by atoms with E-state index in [4.69, 9.17) is 0 Å². The van der Waals surface area contributed by atoms with Crippen molar-refractivity contribution in [3.05, 3.63) is 270 Å². The molecule has 0 radical (unpaired) electrons. The number of hydrogen-bond acceptors (Lipinski definition) is 2. The molecule has 72 heavy (non-hydrogen) atoms. The maximum absolute atomic E-state index is 2.63. The quantitative estimate of drug-likeness (QED) is 0.140. The van der Waals surface area contributed by atoms with E-state index < -0.39 is 0 Å². The zero-order valence-corrected chi connectivity index (χ0v) is 40.2. The lowest BCUT2D eigenvalue weighted by Gasteiger charge is -2.37. The lowest BCUT2D eigenvalue weighted by molar-refractivity contribution is 0.704. The van der Waals surface area contributed by atoms with E-state index in [-0.39, 0.29) is 6.04 Å². The average Bonchev–Trinajstić information content (AvgIpc) is 3.45. The summed E-state index contributed by atoms with van der Waals surface area (Å²) in [5.41, 5.74) is 19.0. The second-order valence-corrected chi connectivity index (χ2v) is 19.7. The SMILES string of the molecule is C1=Cc2ccc(-c3c4ccc(N(c5cccc6ccccc56)C5CC=Cc6ccccc65)cc4c(-c4ccccc4)c4ccc(N(C5=CCCc6ccccc65)c5cccc6ccccc56)cc34)cc2CC1. The van der Waals surface area contributed by atoms with Crippen LogP contribution in [0.2, 0.25) is 0 Å². The molecule has 14 rings (SSSR count). The summed E-state index contributed by atoms with van der Waals surface area (Å²) in [4.78, 5) is 5.18. The number of anilines is 4. The van der Waals surface area contributed by atoms with Gasteiger partial charge in [-0.25, -0.2) is 0 Å². The van der Waals surface area contributed by atoms with Gasteiger partial charge in [0.2, 0.25) is 0 Å². The fourth-order valence-electron chi connectivity index (χ4n) is 12.4. The molecule has 0 spiro atoms. The van der Waals surface area contributed by atoms with Gasteiger partial charge in [-0.15, -0.1) is 0 Å². The normalized spacial score (nSPS) is 14.8. The summed E-state index contributed by atoms with van der Waals surface area (Å²) in [6, 6.07) is 82.4. The van der Waals surface area contributed by atoms with Gasteiger partial charge in [0.1, 0.15) is 0 Å². The van der Waals surface area contributed by atoms with Crippen molar-refractivity contribution in [2.45, 2.75) is 38.1 Å². The minimum Gasteiger partial charge on any atom is -0.333 e. The molecule has 0 saturated heterocycles. The highest BCUT2D eigenvalue weighted by Gasteiger charge is 2.29. The highest BCUT2D eigenvalue weighted by Crippen LogP contribution is 2.51. The molecule has 0 bridgehead atoms. The maximum Gasteiger partial charge on any atom is 0.0632 e. The third kappa shape index (κ3) is 7.09. The van der Waals surface area contributed by atoms with Gasteiger partial charge in [0, 0.05) is 39.1 Å². The van der Waals surface area contributed by atoms with Crippen molar-refractivity contribution in [1.29, 1.82) is 0 Å². The van der Waals surface area contributed by atoms with Gasteiger partial charge in [0.15, 0.2) is 0 Å². The molecule has 1 atom stereocenters. The predicted octanol–water partition coefficient (Wildman–Crippen LogP) is 19.0. The summed E-state index contributed by atoms with van der Waals surface area (Å²) in [7, 11) is 0. The topological polar surface area (TPSA) is 6.48 Å². The first-order valence-corrected chi connectivity index (χ1v) is 25.7. The van der Waals surface area contributed by atoms with Crippen LogP contribution in [0.3, 0.4) is 0 Å². The number of fused-ring (bicyclic) bond motifs is 7. The Balaban J connectivity index is 1.08. The Morgan fingerprint density at radius 3 is 1.86 bits per heavy atom. The van der Waals surface area contributed by atoms with Crippen molar-refractivity contribution in [2.24, 2.45) is 0 Å². The van der Waals surface area contributed by atoms with Crippen LogP contribution in [-0.2, 0) is 12.8 Å². The van der Waals surface area contributed by atoms with Crippen LogP contribution in [0.5, 0.6) is 0 Å². The molecule has 0 aliphatic heterocycles. The molecule has 0 fully saturated rings. The van der Waals surface area contributed by atoms with E-state index in [1.165, 1.54) is 121 Å². The molecule has 11 aromatic rings. The van der Waals surface area contributed by atoms with Crippen molar-refractivity contribution < 1.29 is 0 Å². The molecular formula is C70H52N2. The zero-order valence-electron chi connectivity index (χ0n) is 40.2. The van der Waals surface area contributed by atoms with Crippen molar-refractivity contribution in [2.75, 3.05) is 9.80 Å². The molecule has 0 heterocycles. The van der Waals surface area contributed by atoms with Crippen molar-refractivity contribution in [3.8, 4) is 22.3 Å². The average molecular weight is 921 g/mol. The van der Waals surface area contributed by atoms with Crippen LogP contribution in [0.4, 0.5) is 22.7 Å². The Kier molecular flexibility index (Phi) is 10.3. The number of nitrogens with zero attached hydrogens (tertiary/aromatic N) is 2. The highest BCUT2D eigenvalue weighted by molar-refractivity contribution is 6.23. The third-order valence-corrected chi connectivity index (χ3v) is 15.6. The Bertz CT molecular complexity index is 4030. The van der Waals surface area contributed by atoms with Crippen LogP contribution in [0.1, 0.15) is 58.7 Å². The zero-order chi connectivity index (χ0) is 47.5. The van der Waals surface area contributed by atoms with Crippen LogP contribution in [-0.4, -0.2) is 0 Å². The Hall–Kier alpha value is -8.72. The van der Waals surface area contributed by atoms with Crippen LogP contribution in [0.15, 0.2) is 237 Å². The summed E-state index contributed by atoms with van der Waals surface area (Å²) in [5, 5.41) is 9.91. The van der Waals surface area contributed by atoms with Crippen LogP contribution < -0.4 is 9.80 Å². The van der Waals surface area contributed by atoms with E-state index in [0.29, 0.717) is 0 Å². The van der Waals surface area contributed by atoms with Gasteiger partial charge < -0.3 is 9.80 Å². The second kappa shape index (κ2) is 17.6. The van der Waals surface area contributed by atoms with Gasteiger partial charge in [-0.2, -0.15) is 0 Å². The largest absolute Gasteiger partial charge is 0.333 e. The molecule has 0 aromatic heterocycles. The van der Waals surface area contributed by atoms with Crippen molar-refractivity contribution in [3.63, 3.8) is 0 Å². The molecular weight excluding hydrogens is 869 g/mol. The highest BCUT2D eigenvalue weighted by atomic mass is 15.2. The minimum absolute atomic E-state index is 0.0880. The molecule has 1 unspecified atom stereocenters. The van der Waals surface area contributed by atoms with Gasteiger partial charge in [-0.05, 0) is 151 Å². The van der Waals surface area contributed by atoms with E-state index in [0.717, 1.165) is 37.8 Å². The standard InChI is InChI=1S/C70H52N2/c1-2-23-52(24-3-1)69-61-42-40-56(72(67-36-16-28-50-21-8-12-32-59(50)67)68-37-17-29-51-22-9-13-33-60(51)68)46-64(61)70(54-39-38-47-18-4-5-25-53(47)44-54)62-43-41-55(45-63(62)69)71(65-34-14-26-48-19-6-10-30-57(48)65)66-35-15-27-49-20-7-11-31-58(49)66/h1-4,6-16,18-24,26-28,30-34,36-46,66H,5,17,25,29,35H2. The first-order chi connectivity index (χ1) is 35.7. The molecule has 2 nitrogen and oxygen atoms in total. The number of hydrogen-bond donors (Lipinski definition) is 0. The van der Waals surface area contributed by atoms with Gasteiger partial charge >= 0.3 is 0 Å². The molecule has 2 heteroatoms. The second-order valence-electron chi connectivity index (χ2n) is 19.7. The van der Waals surface area contributed by atoms with Crippen LogP contribution in [0.25, 0.3) is 83.2 Å². The Morgan fingerprint density at radius 2 is 1.03 bits per heavy atom. The number of allylic oxidation sites excluding steroid dienone is 2. The lowest BCUT2D eigenvalue weighted by atomic mass is 9.83. The van der Waals surface area contributed by atoms with Crippen LogP contribution in [0, 0.1) is 0 Å². The number of rotatable bonds is 8. The molecule has 11 aromatic carbocycles. The van der Waals surface area contributed by atoms with Crippen molar-refractivity contribution in [1.82, 2.24) is 0 Å². The number of benzene rings is 11. The van der Waals surface area contributed by atoms with Crippen LogP contribution >= 0.6 is 0 Å². The maximum atomic E-state index is 2.63. The van der Waals surface area contributed by atoms with E-state index >= 15 is 0 Å². The first-order valence-electron chi connectivity index (χ1n) is 25.7. The van der Waals surface area contributed by atoms with Gasteiger partial charge in [-0.3, -0.25) is 0 Å². The van der Waals surface area contributed by atoms with E-state index in [1.807, 2.05) is 0 Å². The summed E-state index contributed by atoms with van der Waals surface area (Å²) in [5.74, 6) is 0. The lowest BCUT2D eigenvalue weighted by Crippen LogP contribution is -2.25. The smallest absolute Gasteiger partial charge is 0.0632 e. The first kappa shape index (κ1) is 42.2. The molecule has 0 saturated carbocycles. The number of aryl methyl sites for hydroxylation is 2.